The Labute approximate surface area is 112 Å². The summed E-state index contributed by atoms with van der Waals surface area (Å²) in [6.07, 6.45) is 0. The number of benzene rings is 1. The van der Waals surface area contributed by atoms with Crippen LogP contribution in [-0.4, -0.2) is 24.4 Å². The SMILES string of the molecule is CCOC(=O)COc1c(C)cc(C)c(C#[N+]O)c1C. The van der Waals surface area contributed by atoms with Gasteiger partial charge in [-0.3, -0.25) is 0 Å². The molecule has 0 aliphatic rings. The summed E-state index contributed by atoms with van der Waals surface area (Å²) in [5, 5.41) is 11.5. The zero-order valence-corrected chi connectivity index (χ0v) is 11.6. The van der Waals surface area contributed by atoms with Crippen LogP contribution in [0, 0.1) is 26.8 Å². The van der Waals surface area contributed by atoms with Crippen LogP contribution in [0.25, 0.3) is 5.01 Å². The molecule has 0 fully saturated rings. The predicted molar refractivity (Wildman–Crippen MR) is 70.9 cm³/mol. The number of ether oxygens (including phenoxy) is 2. The number of esters is 1. The fraction of sp³-hybridized carbons (Fsp3) is 0.429. The van der Waals surface area contributed by atoms with E-state index in [4.69, 9.17) is 14.7 Å². The van der Waals surface area contributed by atoms with E-state index in [0.29, 0.717) is 17.9 Å². The standard InChI is InChI=1S/C14H17NO4/c1-5-18-13(16)8-19-14-10(3)6-9(2)12(7-15-17)11(14)4/h6H,5,8H2,1-4H3/p+1. The third-order valence-corrected chi connectivity index (χ3v) is 2.70. The molecule has 1 rings (SSSR count). The van der Waals surface area contributed by atoms with Crippen molar-refractivity contribution in [2.24, 2.45) is 0 Å². The highest BCUT2D eigenvalue weighted by Gasteiger charge is 2.16. The molecule has 1 aromatic carbocycles. The lowest BCUT2D eigenvalue weighted by atomic mass is 9.99. The lowest BCUT2D eigenvalue weighted by molar-refractivity contribution is -0.145. The third-order valence-electron chi connectivity index (χ3n) is 2.70. The summed E-state index contributed by atoms with van der Waals surface area (Å²) in [5.74, 6) is 0.174. The molecule has 0 radical (unpaired) electrons. The van der Waals surface area contributed by atoms with E-state index in [1.807, 2.05) is 26.8 Å². The maximum absolute atomic E-state index is 11.3. The molecule has 0 saturated heterocycles. The molecule has 0 atom stereocenters. The van der Waals surface area contributed by atoms with Crippen LogP contribution in [0.4, 0.5) is 0 Å². The average molecular weight is 264 g/mol. The molecule has 5 heteroatoms. The molecule has 5 nitrogen and oxygen atoms in total. The van der Waals surface area contributed by atoms with Crippen molar-refractivity contribution in [2.45, 2.75) is 27.7 Å². The second-order valence-electron chi connectivity index (χ2n) is 4.14. The van der Waals surface area contributed by atoms with Crippen molar-refractivity contribution in [3.8, 4) is 11.8 Å². The van der Waals surface area contributed by atoms with Gasteiger partial charge in [-0.15, -0.1) is 0 Å². The molecule has 0 amide bonds. The second kappa shape index (κ2) is 6.64. The highest BCUT2D eigenvalue weighted by Crippen LogP contribution is 2.28. The molecule has 1 aromatic rings. The van der Waals surface area contributed by atoms with Gasteiger partial charge in [0.25, 0.3) is 0 Å². The topological polar surface area (TPSA) is 60.1 Å². The van der Waals surface area contributed by atoms with E-state index in [-0.39, 0.29) is 6.61 Å². The normalized spacial score (nSPS) is 9.47. The molecular weight excluding hydrogens is 246 g/mol. The van der Waals surface area contributed by atoms with Gasteiger partial charge in [0.05, 0.1) is 6.61 Å². The zero-order chi connectivity index (χ0) is 14.4. The molecule has 0 aliphatic carbocycles. The summed E-state index contributed by atoms with van der Waals surface area (Å²) in [6, 6.07) is 4.40. The van der Waals surface area contributed by atoms with Gasteiger partial charge in [-0.1, -0.05) is 6.07 Å². The number of hydrogen-bond donors (Lipinski definition) is 1. The van der Waals surface area contributed by atoms with Crippen molar-refractivity contribution in [3.05, 3.63) is 33.3 Å². The fourth-order valence-electron chi connectivity index (χ4n) is 1.95. The lowest BCUT2D eigenvalue weighted by Crippen LogP contribution is -2.15. The number of aryl methyl sites for hydroxylation is 2. The van der Waals surface area contributed by atoms with E-state index in [2.05, 4.69) is 11.1 Å². The minimum absolute atomic E-state index is 0.145. The number of hydrogen-bond acceptors (Lipinski definition) is 4. The fourth-order valence-corrected chi connectivity index (χ4v) is 1.95. The molecule has 0 heterocycles. The van der Waals surface area contributed by atoms with Gasteiger partial charge >= 0.3 is 12.0 Å². The molecule has 0 spiro atoms. The minimum Gasteiger partial charge on any atom is -0.481 e. The summed E-state index contributed by atoms with van der Waals surface area (Å²) < 4.78 is 10.3. The summed E-state index contributed by atoms with van der Waals surface area (Å²) in [6.45, 7) is 7.53. The van der Waals surface area contributed by atoms with E-state index >= 15 is 0 Å². The monoisotopic (exact) mass is 264 g/mol. The lowest BCUT2D eigenvalue weighted by Gasteiger charge is -2.13. The molecule has 1 N–H and O–H groups in total. The Kier molecular flexibility index (Phi) is 5.19. The summed E-state index contributed by atoms with van der Waals surface area (Å²) >= 11 is 0. The van der Waals surface area contributed by atoms with Crippen LogP contribution < -0.4 is 4.74 Å². The minimum atomic E-state index is -0.414. The quantitative estimate of drug-likeness (QED) is 0.671. The molecule has 0 saturated carbocycles. The Hall–Kier alpha value is -2.22. The zero-order valence-electron chi connectivity index (χ0n) is 11.6. The van der Waals surface area contributed by atoms with Crippen molar-refractivity contribution in [1.29, 1.82) is 0 Å². The van der Waals surface area contributed by atoms with Crippen LogP contribution in [0.5, 0.6) is 5.75 Å². The highest BCUT2D eigenvalue weighted by molar-refractivity contribution is 5.71. The van der Waals surface area contributed by atoms with E-state index in [1.165, 1.54) is 0 Å². The maximum atomic E-state index is 11.3. The molecule has 0 bridgehead atoms. The summed E-state index contributed by atoms with van der Waals surface area (Å²) in [7, 11) is 0. The van der Waals surface area contributed by atoms with Crippen LogP contribution in [0.3, 0.4) is 0 Å². The smallest absolute Gasteiger partial charge is 0.388 e. The highest BCUT2D eigenvalue weighted by atomic mass is 16.6. The molecule has 0 aliphatic heterocycles. The van der Waals surface area contributed by atoms with E-state index < -0.39 is 5.97 Å². The van der Waals surface area contributed by atoms with Crippen molar-refractivity contribution < 1.29 is 19.5 Å². The van der Waals surface area contributed by atoms with Crippen molar-refractivity contribution in [3.63, 3.8) is 0 Å². The second-order valence-corrected chi connectivity index (χ2v) is 4.14. The average Bonchev–Trinajstić information content (AvgIpc) is 2.34. The van der Waals surface area contributed by atoms with Crippen LogP contribution in [0.1, 0.15) is 29.2 Å². The van der Waals surface area contributed by atoms with Crippen LogP contribution >= 0.6 is 0 Å². The van der Waals surface area contributed by atoms with Crippen molar-refractivity contribution in [1.82, 2.24) is 0 Å². The van der Waals surface area contributed by atoms with Gasteiger partial charge in [-0.2, -0.15) is 5.21 Å². The molecule has 102 valence electrons. The molecule has 0 aromatic heterocycles. The van der Waals surface area contributed by atoms with Crippen LogP contribution in [-0.2, 0) is 9.53 Å². The van der Waals surface area contributed by atoms with Gasteiger partial charge in [0, 0.05) is 5.56 Å². The van der Waals surface area contributed by atoms with Gasteiger partial charge in [-0.05, 0) is 38.8 Å². The summed E-state index contributed by atoms with van der Waals surface area (Å²) in [4.78, 5) is 11.3. The van der Waals surface area contributed by atoms with Crippen molar-refractivity contribution >= 4 is 5.97 Å². The van der Waals surface area contributed by atoms with Crippen LogP contribution in [0.15, 0.2) is 6.07 Å². The van der Waals surface area contributed by atoms with Gasteiger partial charge in [0.2, 0.25) is 5.01 Å². The molecular formula is C14H18NO4+. The van der Waals surface area contributed by atoms with Gasteiger partial charge in [-0.25, -0.2) is 4.79 Å². The van der Waals surface area contributed by atoms with Crippen LogP contribution in [0.2, 0.25) is 0 Å². The Morgan fingerprint density at radius 3 is 2.63 bits per heavy atom. The Morgan fingerprint density at radius 1 is 1.37 bits per heavy atom. The first-order valence-corrected chi connectivity index (χ1v) is 6.00. The van der Waals surface area contributed by atoms with E-state index in [1.54, 1.807) is 6.92 Å². The first-order chi connectivity index (χ1) is 9.01. The maximum Gasteiger partial charge on any atom is 0.388 e. The van der Waals surface area contributed by atoms with Gasteiger partial charge in [0.15, 0.2) is 6.61 Å². The Bertz CT molecular complexity index is 541. The first kappa shape index (κ1) is 14.8. The third kappa shape index (κ3) is 3.62. The summed E-state index contributed by atoms with van der Waals surface area (Å²) in [5.41, 5.74) is 3.27. The number of carbonyl (C=O) groups is 1. The van der Waals surface area contributed by atoms with E-state index in [9.17, 15) is 4.79 Å². The largest absolute Gasteiger partial charge is 0.481 e. The predicted octanol–water partition coefficient (Wildman–Crippen LogP) is 2.62. The molecule has 19 heavy (non-hydrogen) atoms. The van der Waals surface area contributed by atoms with Gasteiger partial charge < -0.3 is 9.47 Å². The molecule has 0 unspecified atom stereocenters. The van der Waals surface area contributed by atoms with E-state index in [0.717, 1.165) is 16.7 Å². The van der Waals surface area contributed by atoms with Gasteiger partial charge in [0.1, 0.15) is 11.3 Å². The number of rotatable bonds is 4. The Morgan fingerprint density at radius 2 is 2.05 bits per heavy atom. The first-order valence-electron chi connectivity index (χ1n) is 6.00. The number of carbonyl (C=O) groups excluding carboxylic acids is 1. The number of nitrogens with zero attached hydrogens (tertiary/aromatic N) is 1. The Balaban J connectivity index is 3.03. The van der Waals surface area contributed by atoms with Crippen molar-refractivity contribution in [2.75, 3.05) is 13.2 Å².